The molecule has 0 amide bonds. The van der Waals surface area contributed by atoms with E-state index in [2.05, 4.69) is 4.90 Å². The summed E-state index contributed by atoms with van der Waals surface area (Å²) in [4.78, 5) is 2.70. The van der Waals surface area contributed by atoms with Crippen molar-refractivity contribution in [2.45, 2.75) is 19.1 Å². The van der Waals surface area contributed by atoms with Crippen molar-refractivity contribution >= 4 is 28.8 Å². The van der Waals surface area contributed by atoms with Gasteiger partial charge in [-0.2, -0.15) is 0 Å². The third-order valence-electron chi connectivity index (χ3n) is 3.69. The van der Waals surface area contributed by atoms with Gasteiger partial charge in [0.15, 0.2) is 0 Å². The van der Waals surface area contributed by atoms with Crippen LogP contribution in [-0.2, 0) is 17.7 Å². The quantitative estimate of drug-likeness (QED) is 0.862. The maximum absolute atomic E-state index is 6.19. The fourth-order valence-corrected chi connectivity index (χ4v) is 3.13. The lowest BCUT2D eigenvalue weighted by atomic mass is 10.1. The molecular formula is C14H17ClN2O2S. The largest absolute Gasteiger partial charge is 0.493 e. The molecular weight excluding hydrogens is 296 g/mol. The van der Waals surface area contributed by atoms with Crippen LogP contribution in [0.2, 0.25) is 5.02 Å². The third-order valence-corrected chi connectivity index (χ3v) is 4.17. The topological polar surface area (TPSA) is 47.7 Å². The number of hydrogen-bond acceptors (Lipinski definition) is 4. The van der Waals surface area contributed by atoms with Crippen LogP contribution in [0.4, 0.5) is 0 Å². The van der Waals surface area contributed by atoms with Gasteiger partial charge in [0, 0.05) is 36.6 Å². The minimum Gasteiger partial charge on any atom is -0.493 e. The van der Waals surface area contributed by atoms with E-state index in [1.165, 1.54) is 5.56 Å². The van der Waals surface area contributed by atoms with Gasteiger partial charge in [0.05, 0.1) is 13.2 Å². The van der Waals surface area contributed by atoms with Crippen LogP contribution in [0.5, 0.6) is 5.75 Å². The fraction of sp³-hybridized carbons (Fsp3) is 0.500. The average molecular weight is 313 g/mol. The second-order valence-electron chi connectivity index (χ2n) is 5.15. The van der Waals surface area contributed by atoms with Gasteiger partial charge in [-0.3, -0.25) is 4.90 Å². The summed E-state index contributed by atoms with van der Waals surface area (Å²) in [6.07, 6.45) is 0.772. The van der Waals surface area contributed by atoms with Crippen LogP contribution in [-0.4, -0.2) is 42.3 Å². The van der Waals surface area contributed by atoms with E-state index in [1.54, 1.807) is 0 Å². The number of nitrogens with two attached hydrogens (primary N) is 1. The molecule has 2 N–H and O–H groups in total. The Labute approximate surface area is 128 Å². The van der Waals surface area contributed by atoms with Gasteiger partial charge in [-0.1, -0.05) is 23.8 Å². The molecule has 2 aliphatic heterocycles. The standard InChI is InChI=1S/C14H17ClN2O2S/c15-11-5-9-1-3-19-13(9)10(6-11)7-17-2-4-18-12(8-17)14(16)20/h5-6,12H,1-4,7-8H2,(H2,16,20). The predicted molar refractivity (Wildman–Crippen MR) is 82.5 cm³/mol. The molecule has 20 heavy (non-hydrogen) atoms. The minimum absolute atomic E-state index is 0.160. The molecule has 1 aromatic rings. The average Bonchev–Trinajstić information content (AvgIpc) is 2.87. The van der Waals surface area contributed by atoms with E-state index in [-0.39, 0.29) is 6.10 Å². The fourth-order valence-electron chi connectivity index (χ4n) is 2.72. The van der Waals surface area contributed by atoms with Gasteiger partial charge >= 0.3 is 0 Å². The molecule has 0 spiro atoms. The number of fused-ring (bicyclic) bond motifs is 1. The number of ether oxygens (including phenoxy) is 2. The second kappa shape index (κ2) is 5.85. The third kappa shape index (κ3) is 2.91. The highest BCUT2D eigenvalue weighted by molar-refractivity contribution is 7.80. The Morgan fingerprint density at radius 3 is 3.10 bits per heavy atom. The van der Waals surface area contributed by atoms with Crippen molar-refractivity contribution in [1.82, 2.24) is 4.90 Å². The number of benzene rings is 1. The van der Waals surface area contributed by atoms with Gasteiger partial charge < -0.3 is 15.2 Å². The molecule has 2 aliphatic rings. The van der Waals surface area contributed by atoms with Gasteiger partial charge in [0.1, 0.15) is 16.8 Å². The summed E-state index contributed by atoms with van der Waals surface area (Å²) in [5, 5.41) is 0.767. The van der Waals surface area contributed by atoms with Gasteiger partial charge in [-0.25, -0.2) is 0 Å². The van der Waals surface area contributed by atoms with Crippen LogP contribution in [0.15, 0.2) is 12.1 Å². The normalized spacial score (nSPS) is 22.4. The molecule has 3 rings (SSSR count). The van der Waals surface area contributed by atoms with Crippen molar-refractivity contribution in [3.8, 4) is 5.75 Å². The van der Waals surface area contributed by atoms with Gasteiger partial charge in [-0.15, -0.1) is 0 Å². The van der Waals surface area contributed by atoms with Crippen molar-refractivity contribution in [3.63, 3.8) is 0 Å². The highest BCUT2D eigenvalue weighted by atomic mass is 35.5. The molecule has 0 aliphatic carbocycles. The lowest BCUT2D eigenvalue weighted by Crippen LogP contribution is -2.47. The van der Waals surface area contributed by atoms with Crippen LogP contribution in [0.1, 0.15) is 11.1 Å². The molecule has 108 valence electrons. The van der Waals surface area contributed by atoms with E-state index in [0.29, 0.717) is 11.6 Å². The molecule has 1 atom stereocenters. The number of halogens is 1. The van der Waals surface area contributed by atoms with Crippen molar-refractivity contribution < 1.29 is 9.47 Å². The molecule has 0 radical (unpaired) electrons. The van der Waals surface area contributed by atoms with Gasteiger partial charge in [0.25, 0.3) is 0 Å². The zero-order chi connectivity index (χ0) is 14.1. The summed E-state index contributed by atoms with van der Waals surface area (Å²) in [6, 6.07) is 3.97. The smallest absolute Gasteiger partial charge is 0.127 e. The number of rotatable bonds is 3. The first-order valence-electron chi connectivity index (χ1n) is 6.71. The molecule has 0 saturated carbocycles. The van der Waals surface area contributed by atoms with Crippen LogP contribution in [0.3, 0.4) is 0 Å². The van der Waals surface area contributed by atoms with Gasteiger partial charge in [-0.05, 0) is 17.7 Å². The number of nitrogens with zero attached hydrogens (tertiary/aromatic N) is 1. The monoisotopic (exact) mass is 312 g/mol. The van der Waals surface area contributed by atoms with Crippen LogP contribution in [0.25, 0.3) is 0 Å². The van der Waals surface area contributed by atoms with Crippen LogP contribution in [0, 0.1) is 0 Å². The maximum Gasteiger partial charge on any atom is 0.127 e. The zero-order valence-corrected chi connectivity index (χ0v) is 12.7. The summed E-state index contributed by atoms with van der Waals surface area (Å²) < 4.78 is 11.3. The van der Waals surface area contributed by atoms with E-state index in [1.807, 2.05) is 12.1 Å². The van der Waals surface area contributed by atoms with E-state index >= 15 is 0 Å². The summed E-state index contributed by atoms with van der Waals surface area (Å²) in [7, 11) is 0. The maximum atomic E-state index is 6.19. The number of hydrogen-bond donors (Lipinski definition) is 1. The van der Waals surface area contributed by atoms with E-state index in [0.717, 1.165) is 49.0 Å². The Morgan fingerprint density at radius 2 is 2.30 bits per heavy atom. The minimum atomic E-state index is -0.160. The molecule has 1 unspecified atom stereocenters. The molecule has 6 heteroatoms. The van der Waals surface area contributed by atoms with Crippen LogP contribution >= 0.6 is 23.8 Å². The second-order valence-corrected chi connectivity index (χ2v) is 6.06. The number of morpholine rings is 1. The molecule has 0 aromatic heterocycles. The van der Waals surface area contributed by atoms with Crippen molar-refractivity contribution in [2.75, 3.05) is 26.3 Å². The molecule has 1 saturated heterocycles. The molecule has 1 aromatic carbocycles. The highest BCUT2D eigenvalue weighted by Gasteiger charge is 2.25. The molecule has 2 heterocycles. The summed E-state index contributed by atoms with van der Waals surface area (Å²) in [6.45, 7) is 3.75. The summed E-state index contributed by atoms with van der Waals surface area (Å²) in [5.41, 5.74) is 8.00. The zero-order valence-electron chi connectivity index (χ0n) is 11.1. The lowest BCUT2D eigenvalue weighted by Gasteiger charge is -2.32. The SMILES string of the molecule is NC(=S)C1CN(Cc2cc(Cl)cc3c2OCC3)CCO1. The van der Waals surface area contributed by atoms with Crippen LogP contribution < -0.4 is 10.5 Å². The Hall–Kier alpha value is -0.880. The van der Waals surface area contributed by atoms with Gasteiger partial charge in [0.2, 0.25) is 0 Å². The summed E-state index contributed by atoms with van der Waals surface area (Å²) in [5.74, 6) is 0.993. The van der Waals surface area contributed by atoms with E-state index in [4.69, 9.17) is 39.0 Å². The highest BCUT2D eigenvalue weighted by Crippen LogP contribution is 2.33. The first-order chi connectivity index (χ1) is 9.63. The van der Waals surface area contributed by atoms with Crippen molar-refractivity contribution in [3.05, 3.63) is 28.3 Å². The summed E-state index contributed by atoms with van der Waals surface area (Å²) >= 11 is 11.2. The molecule has 1 fully saturated rings. The Morgan fingerprint density at radius 1 is 1.45 bits per heavy atom. The molecule has 4 nitrogen and oxygen atoms in total. The van der Waals surface area contributed by atoms with Crippen molar-refractivity contribution in [1.29, 1.82) is 0 Å². The Balaban J connectivity index is 1.76. The van der Waals surface area contributed by atoms with E-state index < -0.39 is 0 Å². The molecule has 0 bridgehead atoms. The Kier molecular flexibility index (Phi) is 4.12. The van der Waals surface area contributed by atoms with Crippen molar-refractivity contribution in [2.24, 2.45) is 5.73 Å². The van der Waals surface area contributed by atoms with E-state index in [9.17, 15) is 0 Å². The lowest BCUT2D eigenvalue weighted by molar-refractivity contribution is 0.00367. The first-order valence-corrected chi connectivity index (χ1v) is 7.49. The Bertz CT molecular complexity index is 538. The predicted octanol–water partition coefficient (Wildman–Crippen LogP) is 1.76. The number of thiocarbonyl (C=S) groups is 1. The first kappa shape index (κ1) is 14.1.